The summed E-state index contributed by atoms with van der Waals surface area (Å²) in [5.74, 6) is -1.68. The van der Waals surface area contributed by atoms with Crippen molar-refractivity contribution in [3.63, 3.8) is 0 Å². The van der Waals surface area contributed by atoms with E-state index in [0.717, 1.165) is 57.5 Å². The number of halogens is 2. The second kappa shape index (κ2) is 8.77. The lowest BCUT2D eigenvalue weighted by atomic mass is 10.0. The Balaban J connectivity index is 1.32. The molecule has 0 radical (unpaired) electrons. The smallest absolute Gasteiger partial charge is 0.182 e. The van der Waals surface area contributed by atoms with Crippen LogP contribution in [0.2, 0.25) is 0 Å². The van der Waals surface area contributed by atoms with E-state index in [4.69, 9.17) is 0 Å². The number of aromatic nitrogens is 6. The van der Waals surface area contributed by atoms with Crippen LogP contribution in [0.3, 0.4) is 0 Å². The highest BCUT2D eigenvalue weighted by Crippen LogP contribution is 2.35. The fraction of sp³-hybridized carbons (Fsp3) is 0.179. The van der Waals surface area contributed by atoms with Gasteiger partial charge in [0.05, 0.1) is 23.6 Å². The molecule has 7 rings (SSSR count). The third-order valence-corrected chi connectivity index (χ3v) is 7.18. The topological polar surface area (TPSA) is 79.1 Å². The summed E-state index contributed by atoms with van der Waals surface area (Å²) in [6, 6.07) is 9.03. The number of hydrogen-bond acceptors (Lipinski definition) is 5. The zero-order valence-corrected chi connectivity index (χ0v) is 20.6. The minimum absolute atomic E-state index is 0.282. The number of H-pyrrole nitrogens is 1. The fourth-order valence-electron chi connectivity index (χ4n) is 5.21. The van der Waals surface area contributed by atoms with E-state index in [2.05, 4.69) is 31.5 Å². The van der Waals surface area contributed by atoms with Gasteiger partial charge >= 0.3 is 0 Å². The average molecular weight is 511 g/mol. The highest BCUT2D eigenvalue weighted by atomic mass is 19.2. The first-order chi connectivity index (χ1) is 18.5. The number of rotatable bonds is 4. The van der Waals surface area contributed by atoms with Crippen LogP contribution in [-0.2, 0) is 7.05 Å². The Kier molecular flexibility index (Phi) is 5.22. The summed E-state index contributed by atoms with van der Waals surface area (Å²) in [6.07, 6.45) is 11.2. The zero-order valence-electron chi connectivity index (χ0n) is 20.6. The van der Waals surface area contributed by atoms with Crippen LogP contribution in [0.25, 0.3) is 49.9 Å². The summed E-state index contributed by atoms with van der Waals surface area (Å²) < 4.78 is 33.1. The predicted molar refractivity (Wildman–Crippen MR) is 143 cm³/mol. The van der Waals surface area contributed by atoms with Crippen LogP contribution in [0.4, 0.5) is 14.5 Å². The second-order valence-electron chi connectivity index (χ2n) is 9.56. The molecule has 5 aromatic heterocycles. The Hall–Kier alpha value is -4.57. The molecule has 8 nitrogen and oxygen atoms in total. The number of pyridine rings is 2. The van der Waals surface area contributed by atoms with Gasteiger partial charge in [-0.05, 0) is 41.5 Å². The maximum absolute atomic E-state index is 14.8. The number of aryl methyl sites for hydroxylation is 1. The molecular formula is C28H24F2N8. The van der Waals surface area contributed by atoms with E-state index in [1.165, 1.54) is 6.07 Å². The van der Waals surface area contributed by atoms with Crippen LogP contribution < -0.4 is 10.2 Å². The Morgan fingerprint density at radius 3 is 2.55 bits per heavy atom. The molecule has 190 valence electrons. The highest BCUT2D eigenvalue weighted by molar-refractivity contribution is 5.97. The highest BCUT2D eigenvalue weighted by Gasteiger charge is 2.20. The summed E-state index contributed by atoms with van der Waals surface area (Å²) in [5, 5.41) is 12.9. The van der Waals surface area contributed by atoms with Gasteiger partial charge in [0, 0.05) is 85.7 Å². The lowest BCUT2D eigenvalue weighted by Crippen LogP contribution is -2.44. The predicted octanol–water partition coefficient (Wildman–Crippen LogP) is 4.63. The number of aromatic amines is 1. The Labute approximate surface area is 216 Å². The molecule has 1 aromatic carbocycles. The van der Waals surface area contributed by atoms with Crippen molar-refractivity contribution in [3.05, 3.63) is 79.1 Å². The van der Waals surface area contributed by atoms with Gasteiger partial charge in [-0.15, -0.1) is 0 Å². The lowest BCUT2D eigenvalue weighted by molar-refractivity contribution is 0.500. The molecule has 1 aliphatic heterocycles. The van der Waals surface area contributed by atoms with Gasteiger partial charge in [0.1, 0.15) is 5.65 Å². The maximum Gasteiger partial charge on any atom is 0.182 e. The van der Waals surface area contributed by atoms with Crippen molar-refractivity contribution in [3.8, 4) is 33.4 Å². The fourth-order valence-corrected chi connectivity index (χ4v) is 5.21. The lowest BCUT2D eigenvalue weighted by Gasteiger charge is -2.30. The number of hydrogen-bond donors (Lipinski definition) is 2. The zero-order chi connectivity index (χ0) is 25.8. The van der Waals surface area contributed by atoms with Crippen molar-refractivity contribution >= 4 is 22.2 Å². The van der Waals surface area contributed by atoms with Gasteiger partial charge in [0.2, 0.25) is 0 Å². The quantitative estimate of drug-likeness (QED) is 0.362. The van der Waals surface area contributed by atoms with E-state index in [1.54, 1.807) is 16.9 Å². The van der Waals surface area contributed by atoms with Crippen LogP contribution in [0.5, 0.6) is 0 Å². The molecule has 10 heteroatoms. The largest absolute Gasteiger partial charge is 0.367 e. The normalized spacial score (nSPS) is 14.1. The van der Waals surface area contributed by atoms with Gasteiger partial charge < -0.3 is 15.2 Å². The molecule has 0 unspecified atom stereocenters. The molecule has 0 bridgehead atoms. The van der Waals surface area contributed by atoms with Crippen LogP contribution in [0.15, 0.2) is 67.5 Å². The van der Waals surface area contributed by atoms with Crippen molar-refractivity contribution in [1.29, 1.82) is 0 Å². The Morgan fingerprint density at radius 2 is 1.74 bits per heavy atom. The van der Waals surface area contributed by atoms with Crippen LogP contribution in [-0.4, -0.2) is 55.5 Å². The average Bonchev–Trinajstić information content (AvgIpc) is 3.67. The number of benzene rings is 1. The molecule has 0 spiro atoms. The van der Waals surface area contributed by atoms with Crippen molar-refractivity contribution in [2.75, 3.05) is 31.1 Å². The third kappa shape index (κ3) is 3.72. The van der Waals surface area contributed by atoms with E-state index >= 15 is 0 Å². The Bertz CT molecular complexity index is 1810. The van der Waals surface area contributed by atoms with Crippen LogP contribution >= 0.6 is 0 Å². The minimum Gasteiger partial charge on any atom is -0.367 e. The molecule has 1 fully saturated rings. The molecular weight excluding hydrogens is 486 g/mol. The number of nitrogens with one attached hydrogen (secondary N) is 2. The molecule has 38 heavy (non-hydrogen) atoms. The summed E-state index contributed by atoms with van der Waals surface area (Å²) in [4.78, 5) is 9.72. The SMILES string of the molecule is Cn1cc(-c2cnn3ccc(-c4c[nH]c5ncc(-c6cc(F)c(F)c(N7CCNCC7)c6)cc45)cc23)cn1. The summed E-state index contributed by atoms with van der Waals surface area (Å²) in [6.45, 7) is 2.71. The first-order valence-electron chi connectivity index (χ1n) is 12.4. The molecule has 0 atom stereocenters. The first kappa shape index (κ1) is 22.6. The molecule has 0 saturated carbocycles. The van der Waals surface area contributed by atoms with E-state index < -0.39 is 11.6 Å². The molecule has 2 N–H and O–H groups in total. The van der Waals surface area contributed by atoms with Gasteiger partial charge in [-0.25, -0.2) is 18.3 Å². The van der Waals surface area contributed by atoms with Crippen molar-refractivity contribution in [1.82, 2.24) is 34.7 Å². The molecule has 0 amide bonds. The van der Waals surface area contributed by atoms with Gasteiger partial charge in [-0.2, -0.15) is 10.2 Å². The van der Waals surface area contributed by atoms with Gasteiger partial charge in [0.25, 0.3) is 0 Å². The molecule has 6 heterocycles. The second-order valence-corrected chi connectivity index (χ2v) is 9.56. The number of fused-ring (bicyclic) bond motifs is 2. The number of anilines is 1. The van der Waals surface area contributed by atoms with Crippen molar-refractivity contribution in [2.45, 2.75) is 0 Å². The number of piperazine rings is 1. The first-order valence-corrected chi connectivity index (χ1v) is 12.4. The van der Waals surface area contributed by atoms with Gasteiger partial charge in [-0.3, -0.25) is 4.68 Å². The van der Waals surface area contributed by atoms with E-state index in [9.17, 15) is 8.78 Å². The van der Waals surface area contributed by atoms with Gasteiger partial charge in [-0.1, -0.05) is 0 Å². The summed E-state index contributed by atoms with van der Waals surface area (Å²) in [5.41, 5.74) is 7.18. The maximum atomic E-state index is 14.8. The summed E-state index contributed by atoms with van der Waals surface area (Å²) in [7, 11) is 1.89. The van der Waals surface area contributed by atoms with Crippen molar-refractivity contribution in [2.24, 2.45) is 7.05 Å². The van der Waals surface area contributed by atoms with Crippen LogP contribution in [0.1, 0.15) is 0 Å². The van der Waals surface area contributed by atoms with Crippen molar-refractivity contribution < 1.29 is 8.78 Å². The van der Waals surface area contributed by atoms with E-state index in [-0.39, 0.29) is 5.69 Å². The van der Waals surface area contributed by atoms with E-state index in [1.807, 2.05) is 59.6 Å². The summed E-state index contributed by atoms with van der Waals surface area (Å²) >= 11 is 0. The minimum atomic E-state index is -0.862. The Morgan fingerprint density at radius 1 is 0.868 bits per heavy atom. The molecule has 1 aliphatic rings. The third-order valence-electron chi connectivity index (χ3n) is 7.18. The number of nitrogens with zero attached hydrogens (tertiary/aromatic N) is 6. The molecule has 0 aliphatic carbocycles. The standard InChI is InChI=1S/C28H24F2N8/c1-36-16-20(13-34-36)23-15-35-38-5-2-17(10-25(23)38)22-14-33-28-21(22)8-19(12-32-28)18-9-24(29)27(30)26(11-18)37-6-3-31-4-7-37/h2,5,8-16,31H,3-4,6-7H2,1H3,(H,32,33). The van der Waals surface area contributed by atoms with Gasteiger partial charge in [0.15, 0.2) is 11.6 Å². The van der Waals surface area contributed by atoms with E-state index in [0.29, 0.717) is 18.7 Å². The monoisotopic (exact) mass is 510 g/mol. The molecule has 6 aromatic rings. The van der Waals surface area contributed by atoms with Crippen LogP contribution in [0, 0.1) is 11.6 Å². The molecule has 1 saturated heterocycles.